The lowest BCUT2D eigenvalue weighted by Gasteiger charge is -2.29. The van der Waals surface area contributed by atoms with E-state index >= 15 is 0 Å². The molecule has 0 N–H and O–H groups in total. The number of rotatable bonds is 4. The van der Waals surface area contributed by atoms with Gasteiger partial charge in [0.2, 0.25) is 5.82 Å². The number of para-hydroxylation sites is 1. The number of halogens is 1. The van der Waals surface area contributed by atoms with Crippen molar-refractivity contribution in [1.82, 2.24) is 9.66 Å². The summed E-state index contributed by atoms with van der Waals surface area (Å²) in [6.45, 7) is 4.26. The summed E-state index contributed by atoms with van der Waals surface area (Å²) in [4.78, 5) is 20.7. The highest BCUT2D eigenvalue weighted by molar-refractivity contribution is 6.31. The van der Waals surface area contributed by atoms with Crippen molar-refractivity contribution < 1.29 is 4.42 Å². The van der Waals surface area contributed by atoms with Crippen molar-refractivity contribution in [3.05, 3.63) is 93.2 Å². The maximum atomic E-state index is 13.5. The lowest BCUT2D eigenvalue weighted by molar-refractivity contribution is 0.578. The highest BCUT2D eigenvalue weighted by Gasteiger charge is 2.17. The Morgan fingerprint density at radius 1 is 1.00 bits per heavy atom. The second kappa shape index (κ2) is 9.28. The van der Waals surface area contributed by atoms with Gasteiger partial charge in [-0.2, -0.15) is 9.78 Å². The van der Waals surface area contributed by atoms with Crippen LogP contribution in [0.15, 0.2) is 81.0 Å². The number of furan rings is 1. The first-order chi connectivity index (χ1) is 17.6. The summed E-state index contributed by atoms with van der Waals surface area (Å²) in [6.07, 6.45) is 5.49. The van der Waals surface area contributed by atoms with E-state index < -0.39 is 0 Å². The zero-order valence-corrected chi connectivity index (χ0v) is 20.7. The summed E-state index contributed by atoms with van der Waals surface area (Å²) in [6, 6.07) is 20.9. The summed E-state index contributed by atoms with van der Waals surface area (Å²) in [7, 11) is 0. The first-order valence-electron chi connectivity index (χ1n) is 12.2. The van der Waals surface area contributed by atoms with Gasteiger partial charge in [0.1, 0.15) is 5.58 Å². The molecule has 6 rings (SSSR count). The number of benzene rings is 3. The van der Waals surface area contributed by atoms with Crippen LogP contribution in [-0.2, 0) is 0 Å². The van der Waals surface area contributed by atoms with Gasteiger partial charge < -0.3 is 9.32 Å². The Labute approximate surface area is 213 Å². The van der Waals surface area contributed by atoms with Gasteiger partial charge in [0.25, 0.3) is 5.56 Å². The first-order valence-corrected chi connectivity index (χ1v) is 12.6. The molecule has 7 heteroatoms. The molecule has 0 spiro atoms. The van der Waals surface area contributed by atoms with Gasteiger partial charge in [-0.3, -0.25) is 4.79 Å². The molecule has 0 saturated carbocycles. The van der Waals surface area contributed by atoms with E-state index in [1.54, 1.807) is 24.4 Å². The molecule has 1 aliphatic rings. The number of nitrogens with zero attached hydrogens (tertiary/aromatic N) is 4. The molecule has 1 aliphatic heterocycles. The van der Waals surface area contributed by atoms with Crippen molar-refractivity contribution in [2.75, 3.05) is 18.0 Å². The van der Waals surface area contributed by atoms with Gasteiger partial charge >= 0.3 is 0 Å². The van der Waals surface area contributed by atoms with Gasteiger partial charge in [0.15, 0.2) is 5.76 Å². The van der Waals surface area contributed by atoms with E-state index in [1.807, 2.05) is 30.3 Å². The van der Waals surface area contributed by atoms with E-state index in [0.717, 1.165) is 29.6 Å². The van der Waals surface area contributed by atoms with Crippen molar-refractivity contribution in [3.63, 3.8) is 0 Å². The summed E-state index contributed by atoms with van der Waals surface area (Å²) in [5.41, 5.74) is 4.27. The topological polar surface area (TPSA) is 63.6 Å². The van der Waals surface area contributed by atoms with Crippen LogP contribution in [0.3, 0.4) is 0 Å². The van der Waals surface area contributed by atoms with Gasteiger partial charge in [0.05, 0.1) is 17.1 Å². The van der Waals surface area contributed by atoms with Crippen molar-refractivity contribution in [3.8, 4) is 11.6 Å². The summed E-state index contributed by atoms with van der Waals surface area (Å²) in [5, 5.41) is 6.55. The van der Waals surface area contributed by atoms with E-state index in [2.05, 4.69) is 35.1 Å². The molecule has 180 valence electrons. The Kier molecular flexibility index (Phi) is 5.82. The molecule has 3 aromatic carbocycles. The smallest absolute Gasteiger partial charge is 0.282 e. The van der Waals surface area contributed by atoms with Gasteiger partial charge in [-0.1, -0.05) is 29.8 Å². The number of piperidine rings is 1. The zero-order valence-electron chi connectivity index (χ0n) is 19.9. The van der Waals surface area contributed by atoms with E-state index in [1.165, 1.54) is 29.6 Å². The Balaban J connectivity index is 1.44. The minimum absolute atomic E-state index is 0.257. The Morgan fingerprint density at radius 2 is 1.83 bits per heavy atom. The fourth-order valence-corrected chi connectivity index (χ4v) is 4.97. The Bertz CT molecular complexity index is 1680. The molecule has 36 heavy (non-hydrogen) atoms. The molecular formula is C29H25ClN4O2. The predicted octanol–water partition coefficient (Wildman–Crippen LogP) is 6.64. The van der Waals surface area contributed by atoms with E-state index in [-0.39, 0.29) is 5.56 Å². The standard InChI is InChI=1S/C29H25ClN4O2/c1-19-15-23(33-13-5-2-6-14-33)11-9-20(19)18-31-34-28(32-25-8-4-3-7-24(25)29(34)35)27-17-21-16-22(30)10-12-26(21)36-27/h3-4,7-12,15-18H,2,5-6,13-14H2,1H3. The average Bonchev–Trinajstić information content (AvgIpc) is 3.32. The molecule has 0 radical (unpaired) electrons. The van der Waals surface area contributed by atoms with Crippen LogP contribution in [0.25, 0.3) is 33.5 Å². The number of aromatic nitrogens is 2. The fraction of sp³-hybridized carbons (Fsp3) is 0.207. The molecule has 2 aromatic heterocycles. The largest absolute Gasteiger partial charge is 0.453 e. The average molecular weight is 497 g/mol. The van der Waals surface area contributed by atoms with Gasteiger partial charge in [-0.25, -0.2) is 4.98 Å². The van der Waals surface area contributed by atoms with Crippen molar-refractivity contribution >= 4 is 45.4 Å². The van der Waals surface area contributed by atoms with Crippen molar-refractivity contribution in [2.45, 2.75) is 26.2 Å². The van der Waals surface area contributed by atoms with Gasteiger partial charge in [-0.15, -0.1) is 0 Å². The van der Waals surface area contributed by atoms with Crippen LogP contribution in [0.4, 0.5) is 5.69 Å². The molecular weight excluding hydrogens is 472 g/mol. The second-order valence-corrected chi connectivity index (χ2v) is 9.63. The summed E-state index contributed by atoms with van der Waals surface area (Å²) in [5.74, 6) is 0.786. The molecule has 0 aliphatic carbocycles. The highest BCUT2D eigenvalue weighted by Crippen LogP contribution is 2.29. The Hall–Kier alpha value is -3.90. The molecule has 0 atom stereocenters. The maximum absolute atomic E-state index is 13.5. The third-order valence-corrected chi connectivity index (χ3v) is 6.97. The van der Waals surface area contributed by atoms with E-state index in [9.17, 15) is 4.79 Å². The van der Waals surface area contributed by atoms with Gasteiger partial charge in [-0.05, 0) is 85.8 Å². The maximum Gasteiger partial charge on any atom is 0.282 e. The normalized spacial score (nSPS) is 14.3. The minimum atomic E-state index is -0.257. The number of hydrogen-bond donors (Lipinski definition) is 0. The van der Waals surface area contributed by atoms with Crippen LogP contribution in [0.2, 0.25) is 5.02 Å². The minimum Gasteiger partial charge on any atom is -0.453 e. The molecule has 0 bridgehead atoms. The molecule has 0 unspecified atom stereocenters. The van der Waals surface area contributed by atoms with Crippen molar-refractivity contribution in [1.29, 1.82) is 0 Å². The third-order valence-electron chi connectivity index (χ3n) is 6.74. The molecule has 5 aromatic rings. The van der Waals surface area contributed by atoms with Crippen LogP contribution in [0.5, 0.6) is 0 Å². The van der Waals surface area contributed by atoms with Crippen LogP contribution >= 0.6 is 11.6 Å². The zero-order chi connectivity index (χ0) is 24.6. The third kappa shape index (κ3) is 4.18. The molecule has 6 nitrogen and oxygen atoms in total. The molecule has 0 amide bonds. The van der Waals surface area contributed by atoms with Crippen molar-refractivity contribution in [2.24, 2.45) is 5.10 Å². The lowest BCUT2D eigenvalue weighted by Crippen LogP contribution is -2.29. The highest BCUT2D eigenvalue weighted by atomic mass is 35.5. The number of fused-ring (bicyclic) bond motifs is 2. The monoisotopic (exact) mass is 496 g/mol. The second-order valence-electron chi connectivity index (χ2n) is 9.20. The summed E-state index contributed by atoms with van der Waals surface area (Å²) < 4.78 is 7.37. The number of aryl methyl sites for hydroxylation is 1. The van der Waals surface area contributed by atoms with Crippen LogP contribution < -0.4 is 10.5 Å². The lowest BCUT2D eigenvalue weighted by atomic mass is 10.1. The number of hydrogen-bond acceptors (Lipinski definition) is 5. The number of anilines is 1. The quantitative estimate of drug-likeness (QED) is 0.261. The Morgan fingerprint density at radius 3 is 2.67 bits per heavy atom. The molecule has 1 fully saturated rings. The summed E-state index contributed by atoms with van der Waals surface area (Å²) >= 11 is 6.16. The van der Waals surface area contributed by atoms with E-state index in [4.69, 9.17) is 21.0 Å². The van der Waals surface area contributed by atoms with E-state index in [0.29, 0.717) is 33.1 Å². The van der Waals surface area contributed by atoms with Gasteiger partial charge in [0, 0.05) is 29.2 Å². The SMILES string of the molecule is Cc1cc(N2CCCCC2)ccc1C=Nn1c(-c2cc3cc(Cl)ccc3o2)nc2ccccc2c1=O. The van der Waals surface area contributed by atoms with Crippen LogP contribution in [0, 0.1) is 6.92 Å². The fourth-order valence-electron chi connectivity index (χ4n) is 4.79. The van der Waals surface area contributed by atoms with Crippen LogP contribution in [-0.4, -0.2) is 29.0 Å². The molecule has 1 saturated heterocycles. The predicted molar refractivity (Wildman–Crippen MR) is 146 cm³/mol. The first kappa shape index (κ1) is 22.6. The molecule has 3 heterocycles. The van der Waals surface area contributed by atoms with Crippen LogP contribution in [0.1, 0.15) is 30.4 Å².